The van der Waals surface area contributed by atoms with Crippen molar-refractivity contribution in [3.63, 3.8) is 0 Å². The summed E-state index contributed by atoms with van der Waals surface area (Å²) in [4.78, 5) is 21.7. The van der Waals surface area contributed by atoms with Gasteiger partial charge in [0.05, 0.1) is 11.7 Å². The number of piperazine rings is 1. The molecule has 0 bridgehead atoms. The van der Waals surface area contributed by atoms with Gasteiger partial charge in [-0.25, -0.2) is 15.0 Å². The van der Waals surface area contributed by atoms with E-state index in [0.717, 1.165) is 54.7 Å². The minimum Gasteiger partial charge on any atom is -0.367 e. The van der Waals surface area contributed by atoms with Crippen LogP contribution in [-0.2, 0) is 0 Å². The summed E-state index contributed by atoms with van der Waals surface area (Å²) in [6.45, 7) is 3.89. The van der Waals surface area contributed by atoms with Crippen molar-refractivity contribution in [3.05, 3.63) is 36.3 Å². The number of aromatic nitrogens is 4. The molecule has 7 heteroatoms. The van der Waals surface area contributed by atoms with Crippen LogP contribution in [0.15, 0.2) is 30.7 Å². The fourth-order valence-electron chi connectivity index (χ4n) is 5.13. The standard InChI is InChI=1S/C25H31N7/c1-2-4-19(5-3-1)29-22-14-18(8-9-28-22)24-30-21-16-27-15-20(17-6-7-17)23(21)25(31-24)32-12-10-26-11-13-32/h8-9,14-17,19,26H,1-7,10-13H2,(H,28,29). The SMILES string of the molecule is c1cc(-c2nc(N3CCNCC3)c3c(C4CC4)cncc3n2)cc(NC2CCCCC2)n1. The highest BCUT2D eigenvalue weighted by Crippen LogP contribution is 2.44. The van der Waals surface area contributed by atoms with Crippen LogP contribution in [0, 0.1) is 0 Å². The van der Waals surface area contributed by atoms with Gasteiger partial charge in [-0.15, -0.1) is 0 Å². The zero-order valence-corrected chi connectivity index (χ0v) is 18.6. The Kier molecular flexibility index (Phi) is 5.35. The second-order valence-electron chi connectivity index (χ2n) is 9.41. The van der Waals surface area contributed by atoms with E-state index in [1.807, 2.05) is 24.7 Å². The third kappa shape index (κ3) is 4.01. The molecule has 7 nitrogen and oxygen atoms in total. The molecule has 0 unspecified atom stereocenters. The third-order valence-electron chi connectivity index (χ3n) is 7.03. The van der Waals surface area contributed by atoms with Crippen molar-refractivity contribution in [1.29, 1.82) is 0 Å². The zero-order valence-electron chi connectivity index (χ0n) is 18.6. The lowest BCUT2D eigenvalue weighted by Gasteiger charge is -2.30. The van der Waals surface area contributed by atoms with Crippen LogP contribution in [0.1, 0.15) is 56.4 Å². The summed E-state index contributed by atoms with van der Waals surface area (Å²) in [6, 6.07) is 4.65. The number of hydrogen-bond acceptors (Lipinski definition) is 7. The van der Waals surface area contributed by atoms with E-state index in [-0.39, 0.29) is 0 Å². The van der Waals surface area contributed by atoms with Crippen LogP contribution in [0.3, 0.4) is 0 Å². The minimum absolute atomic E-state index is 0.519. The largest absolute Gasteiger partial charge is 0.367 e. The average molecular weight is 430 g/mol. The Bertz CT molecular complexity index is 1100. The van der Waals surface area contributed by atoms with Crippen molar-refractivity contribution in [3.8, 4) is 11.4 Å². The molecule has 166 valence electrons. The maximum Gasteiger partial charge on any atom is 0.162 e. The first-order valence-corrected chi connectivity index (χ1v) is 12.2. The normalized spacial score (nSPS) is 19.9. The van der Waals surface area contributed by atoms with Gasteiger partial charge in [-0.05, 0) is 49.3 Å². The summed E-state index contributed by atoms with van der Waals surface area (Å²) >= 11 is 0. The molecule has 2 saturated carbocycles. The summed E-state index contributed by atoms with van der Waals surface area (Å²) in [5, 5.41) is 8.30. The fraction of sp³-hybridized carbons (Fsp3) is 0.520. The molecular weight excluding hydrogens is 398 g/mol. The van der Waals surface area contributed by atoms with Crippen LogP contribution in [0.25, 0.3) is 22.3 Å². The molecule has 2 aliphatic carbocycles. The van der Waals surface area contributed by atoms with E-state index in [4.69, 9.17) is 9.97 Å². The summed E-state index contributed by atoms with van der Waals surface area (Å²) < 4.78 is 0. The van der Waals surface area contributed by atoms with Gasteiger partial charge in [0, 0.05) is 55.6 Å². The van der Waals surface area contributed by atoms with Crippen molar-refractivity contribution in [2.45, 2.75) is 56.9 Å². The van der Waals surface area contributed by atoms with Gasteiger partial charge in [0.1, 0.15) is 11.6 Å². The van der Waals surface area contributed by atoms with Gasteiger partial charge in [0.25, 0.3) is 0 Å². The van der Waals surface area contributed by atoms with Crippen molar-refractivity contribution < 1.29 is 0 Å². The molecule has 0 radical (unpaired) electrons. The molecule has 0 aromatic carbocycles. The Labute approximate surface area is 189 Å². The molecule has 0 spiro atoms. The molecule has 1 aliphatic heterocycles. The van der Waals surface area contributed by atoms with Crippen molar-refractivity contribution in [1.82, 2.24) is 25.3 Å². The quantitative estimate of drug-likeness (QED) is 0.632. The average Bonchev–Trinajstić information content (AvgIpc) is 3.70. The van der Waals surface area contributed by atoms with Gasteiger partial charge in [0.2, 0.25) is 0 Å². The van der Waals surface area contributed by atoms with Crippen molar-refractivity contribution in [2.75, 3.05) is 36.4 Å². The third-order valence-corrected chi connectivity index (χ3v) is 7.03. The maximum absolute atomic E-state index is 5.16. The van der Waals surface area contributed by atoms with Crippen LogP contribution in [-0.4, -0.2) is 52.2 Å². The molecular formula is C25H31N7. The Morgan fingerprint density at radius 1 is 0.969 bits per heavy atom. The first-order valence-electron chi connectivity index (χ1n) is 12.2. The minimum atomic E-state index is 0.519. The topological polar surface area (TPSA) is 78.9 Å². The van der Waals surface area contributed by atoms with E-state index in [1.165, 1.54) is 55.9 Å². The highest BCUT2D eigenvalue weighted by Gasteiger charge is 2.29. The smallest absolute Gasteiger partial charge is 0.162 e. The maximum atomic E-state index is 5.16. The van der Waals surface area contributed by atoms with Crippen molar-refractivity contribution >= 4 is 22.5 Å². The van der Waals surface area contributed by atoms with Gasteiger partial charge in [-0.2, -0.15) is 0 Å². The molecule has 3 aliphatic rings. The number of anilines is 2. The van der Waals surface area contributed by atoms with E-state index in [0.29, 0.717) is 12.0 Å². The molecule has 2 N–H and O–H groups in total. The highest BCUT2D eigenvalue weighted by atomic mass is 15.2. The van der Waals surface area contributed by atoms with Gasteiger partial charge < -0.3 is 15.5 Å². The predicted octanol–water partition coefficient (Wildman–Crippen LogP) is 4.12. The summed E-state index contributed by atoms with van der Waals surface area (Å²) in [5.74, 6) is 3.35. The molecule has 3 aromatic heterocycles. The molecule has 32 heavy (non-hydrogen) atoms. The molecule has 0 amide bonds. The molecule has 6 rings (SSSR count). The highest BCUT2D eigenvalue weighted by molar-refractivity contribution is 5.94. The van der Waals surface area contributed by atoms with Crippen LogP contribution in [0.5, 0.6) is 0 Å². The molecule has 1 saturated heterocycles. The first kappa shape index (κ1) is 19.9. The van der Waals surface area contributed by atoms with Crippen LogP contribution in [0.2, 0.25) is 0 Å². The van der Waals surface area contributed by atoms with Crippen LogP contribution in [0.4, 0.5) is 11.6 Å². The Morgan fingerprint density at radius 2 is 1.81 bits per heavy atom. The Balaban J connectivity index is 1.41. The second-order valence-corrected chi connectivity index (χ2v) is 9.41. The van der Waals surface area contributed by atoms with Crippen LogP contribution >= 0.6 is 0 Å². The first-order chi connectivity index (χ1) is 15.8. The van der Waals surface area contributed by atoms with E-state index in [9.17, 15) is 0 Å². The fourth-order valence-corrected chi connectivity index (χ4v) is 5.13. The number of nitrogens with one attached hydrogen (secondary N) is 2. The van der Waals surface area contributed by atoms with Gasteiger partial charge in [-0.3, -0.25) is 4.98 Å². The number of fused-ring (bicyclic) bond motifs is 1. The number of rotatable bonds is 5. The Morgan fingerprint density at radius 3 is 2.62 bits per heavy atom. The van der Waals surface area contributed by atoms with E-state index >= 15 is 0 Å². The summed E-state index contributed by atoms with van der Waals surface area (Å²) in [5.41, 5.74) is 3.27. The van der Waals surface area contributed by atoms with E-state index in [2.05, 4.69) is 31.6 Å². The van der Waals surface area contributed by atoms with Gasteiger partial charge in [0.15, 0.2) is 5.82 Å². The molecule has 4 heterocycles. The van der Waals surface area contributed by atoms with Crippen LogP contribution < -0.4 is 15.5 Å². The second kappa shape index (κ2) is 8.62. The number of hydrogen-bond donors (Lipinski definition) is 2. The lowest BCUT2D eigenvalue weighted by Crippen LogP contribution is -2.44. The van der Waals surface area contributed by atoms with Gasteiger partial charge >= 0.3 is 0 Å². The molecule has 3 aromatic rings. The Hall–Kier alpha value is -2.80. The lowest BCUT2D eigenvalue weighted by atomic mass is 9.95. The predicted molar refractivity (Wildman–Crippen MR) is 128 cm³/mol. The number of pyridine rings is 2. The van der Waals surface area contributed by atoms with Crippen molar-refractivity contribution in [2.24, 2.45) is 0 Å². The van der Waals surface area contributed by atoms with E-state index in [1.54, 1.807) is 0 Å². The molecule has 0 atom stereocenters. The van der Waals surface area contributed by atoms with Gasteiger partial charge in [-0.1, -0.05) is 19.3 Å². The lowest BCUT2D eigenvalue weighted by molar-refractivity contribution is 0.462. The summed E-state index contributed by atoms with van der Waals surface area (Å²) in [7, 11) is 0. The zero-order chi connectivity index (χ0) is 21.3. The van der Waals surface area contributed by atoms with E-state index < -0.39 is 0 Å². The molecule has 3 fully saturated rings. The summed E-state index contributed by atoms with van der Waals surface area (Å²) in [6.07, 6.45) is 14.7. The monoisotopic (exact) mass is 429 g/mol. The number of nitrogens with zero attached hydrogens (tertiary/aromatic N) is 5.